The largest absolute Gasteiger partial charge is 0.465 e. The molecule has 0 N–H and O–H groups in total. The molecule has 0 atom stereocenters. The topological polar surface area (TPSA) is 90.9 Å². The fraction of sp³-hybridized carbons (Fsp3) is 0.100. The Morgan fingerprint density at radius 3 is 2.71 bits per heavy atom. The molecule has 0 aliphatic carbocycles. The first-order valence-electron chi connectivity index (χ1n) is 8.28. The number of ether oxygens (including phenoxy) is 1. The van der Waals surface area contributed by atoms with E-state index in [0.29, 0.717) is 21.3 Å². The zero-order valence-electron chi connectivity index (χ0n) is 15.0. The first kappa shape index (κ1) is 17.9. The van der Waals surface area contributed by atoms with Gasteiger partial charge in [0.1, 0.15) is 5.58 Å². The second-order valence-electron chi connectivity index (χ2n) is 6.01. The SMILES string of the molecule is COC(=O)c1ccc2c(c1)sc(=NC(=O)c1cc(=O)c3ccccc3o1)n2C. The van der Waals surface area contributed by atoms with Gasteiger partial charge in [-0.05, 0) is 30.3 Å². The van der Waals surface area contributed by atoms with E-state index in [2.05, 4.69) is 4.99 Å². The highest BCUT2D eigenvalue weighted by Gasteiger charge is 2.14. The lowest BCUT2D eigenvalue weighted by Gasteiger charge is -2.00. The molecular weight excluding hydrogens is 380 g/mol. The summed E-state index contributed by atoms with van der Waals surface area (Å²) >= 11 is 1.24. The van der Waals surface area contributed by atoms with Gasteiger partial charge < -0.3 is 13.7 Å². The summed E-state index contributed by atoms with van der Waals surface area (Å²) in [5.74, 6) is -1.22. The standard InChI is InChI=1S/C20H14N2O5S/c1-22-13-8-7-11(19(25)26-2)9-17(13)28-20(22)21-18(24)16-10-14(23)12-5-3-4-6-15(12)27-16/h3-10H,1-2H3. The van der Waals surface area contributed by atoms with Crippen molar-refractivity contribution in [3.8, 4) is 0 Å². The molecule has 7 nitrogen and oxygen atoms in total. The number of fused-ring (bicyclic) bond motifs is 2. The maximum absolute atomic E-state index is 12.6. The minimum absolute atomic E-state index is 0.128. The van der Waals surface area contributed by atoms with Gasteiger partial charge in [0.15, 0.2) is 16.0 Å². The van der Waals surface area contributed by atoms with Gasteiger partial charge in [-0.15, -0.1) is 0 Å². The summed E-state index contributed by atoms with van der Waals surface area (Å²) in [6.07, 6.45) is 0. The van der Waals surface area contributed by atoms with Crippen molar-refractivity contribution in [3.05, 3.63) is 74.9 Å². The summed E-state index contributed by atoms with van der Waals surface area (Å²) in [6.45, 7) is 0. The van der Waals surface area contributed by atoms with E-state index in [-0.39, 0.29) is 11.2 Å². The number of amides is 1. The van der Waals surface area contributed by atoms with Crippen LogP contribution in [0.5, 0.6) is 0 Å². The van der Waals surface area contributed by atoms with E-state index in [9.17, 15) is 14.4 Å². The van der Waals surface area contributed by atoms with Gasteiger partial charge in [0.2, 0.25) is 0 Å². The first-order valence-corrected chi connectivity index (χ1v) is 9.09. The van der Waals surface area contributed by atoms with Crippen LogP contribution in [0.15, 0.2) is 62.7 Å². The number of benzene rings is 2. The normalized spacial score (nSPS) is 11.9. The Hall–Kier alpha value is -3.52. The van der Waals surface area contributed by atoms with Crippen LogP contribution in [0.2, 0.25) is 0 Å². The summed E-state index contributed by atoms with van der Waals surface area (Å²) in [6, 6.07) is 13.0. The summed E-state index contributed by atoms with van der Waals surface area (Å²) in [5.41, 5.74) is 1.25. The maximum atomic E-state index is 12.6. The van der Waals surface area contributed by atoms with E-state index < -0.39 is 11.9 Å². The van der Waals surface area contributed by atoms with E-state index in [1.54, 1.807) is 54.1 Å². The van der Waals surface area contributed by atoms with Crippen molar-refractivity contribution < 1.29 is 18.7 Å². The molecule has 2 aromatic heterocycles. The van der Waals surface area contributed by atoms with Gasteiger partial charge in [-0.3, -0.25) is 9.59 Å². The third-order valence-electron chi connectivity index (χ3n) is 4.27. The summed E-state index contributed by atoms with van der Waals surface area (Å²) < 4.78 is 12.8. The van der Waals surface area contributed by atoms with E-state index in [0.717, 1.165) is 16.3 Å². The molecule has 2 aromatic carbocycles. The lowest BCUT2D eigenvalue weighted by molar-refractivity contribution is 0.0601. The second-order valence-corrected chi connectivity index (χ2v) is 7.01. The lowest BCUT2D eigenvalue weighted by atomic mass is 10.2. The highest BCUT2D eigenvalue weighted by molar-refractivity contribution is 7.16. The third kappa shape index (κ3) is 3.03. The zero-order chi connectivity index (χ0) is 19.8. The summed E-state index contributed by atoms with van der Waals surface area (Å²) in [7, 11) is 3.08. The highest BCUT2D eigenvalue weighted by atomic mass is 32.1. The quantitative estimate of drug-likeness (QED) is 0.488. The predicted octanol–water partition coefficient (Wildman–Crippen LogP) is 2.87. The Balaban J connectivity index is 1.81. The van der Waals surface area contributed by atoms with Crippen molar-refractivity contribution >= 4 is 44.4 Å². The Morgan fingerprint density at radius 2 is 1.93 bits per heavy atom. The number of carbonyl (C=O) groups excluding carboxylic acids is 2. The average Bonchev–Trinajstić information content (AvgIpc) is 3.02. The zero-order valence-corrected chi connectivity index (χ0v) is 15.8. The van der Waals surface area contributed by atoms with Gasteiger partial charge in [-0.2, -0.15) is 4.99 Å². The van der Waals surface area contributed by atoms with Crippen LogP contribution in [0.25, 0.3) is 21.2 Å². The van der Waals surface area contributed by atoms with Gasteiger partial charge in [0.25, 0.3) is 0 Å². The van der Waals surface area contributed by atoms with Gasteiger partial charge in [0.05, 0.1) is 28.3 Å². The van der Waals surface area contributed by atoms with Crippen LogP contribution >= 0.6 is 11.3 Å². The smallest absolute Gasteiger partial charge is 0.337 e. The van der Waals surface area contributed by atoms with Crippen LogP contribution in [-0.4, -0.2) is 23.6 Å². The number of para-hydroxylation sites is 1. The second kappa shape index (κ2) is 6.90. The first-order chi connectivity index (χ1) is 13.5. The maximum Gasteiger partial charge on any atom is 0.337 e. The van der Waals surface area contributed by atoms with Crippen LogP contribution in [-0.2, 0) is 11.8 Å². The molecule has 4 aromatic rings. The van der Waals surface area contributed by atoms with Crippen molar-refractivity contribution in [1.29, 1.82) is 0 Å². The van der Waals surface area contributed by atoms with Crippen molar-refractivity contribution in [2.24, 2.45) is 12.0 Å². The average molecular weight is 394 g/mol. The number of esters is 1. The molecular formula is C20H14N2O5S. The van der Waals surface area contributed by atoms with Crippen LogP contribution in [0, 0.1) is 0 Å². The Bertz CT molecular complexity index is 1380. The molecule has 1 amide bonds. The molecule has 0 bridgehead atoms. The summed E-state index contributed by atoms with van der Waals surface area (Å²) in [4.78, 5) is 41.0. The van der Waals surface area contributed by atoms with Crippen molar-refractivity contribution in [2.45, 2.75) is 0 Å². The molecule has 0 aliphatic rings. The Labute approximate surface area is 162 Å². The fourth-order valence-electron chi connectivity index (χ4n) is 2.84. The molecule has 0 aliphatic heterocycles. The monoisotopic (exact) mass is 394 g/mol. The minimum atomic E-state index is -0.654. The van der Waals surface area contributed by atoms with E-state index in [1.807, 2.05) is 0 Å². The number of thiazole rings is 1. The molecule has 0 spiro atoms. The number of methoxy groups -OCH3 is 1. The number of hydrogen-bond acceptors (Lipinski definition) is 6. The number of aryl methyl sites for hydroxylation is 1. The Kier molecular flexibility index (Phi) is 4.40. The Morgan fingerprint density at radius 1 is 1.14 bits per heavy atom. The number of hydrogen-bond donors (Lipinski definition) is 0. The van der Waals surface area contributed by atoms with E-state index >= 15 is 0 Å². The van der Waals surface area contributed by atoms with Crippen molar-refractivity contribution in [1.82, 2.24) is 4.57 Å². The minimum Gasteiger partial charge on any atom is -0.465 e. The molecule has 0 fully saturated rings. The molecule has 2 heterocycles. The van der Waals surface area contributed by atoms with E-state index in [4.69, 9.17) is 9.15 Å². The number of carbonyl (C=O) groups is 2. The number of nitrogens with zero attached hydrogens (tertiary/aromatic N) is 2. The number of aromatic nitrogens is 1. The molecule has 8 heteroatoms. The number of rotatable bonds is 2. The molecule has 28 heavy (non-hydrogen) atoms. The van der Waals surface area contributed by atoms with E-state index in [1.165, 1.54) is 18.4 Å². The molecule has 0 radical (unpaired) electrons. The fourth-order valence-corrected chi connectivity index (χ4v) is 3.89. The summed E-state index contributed by atoms with van der Waals surface area (Å²) in [5, 5.41) is 0.404. The molecule has 140 valence electrons. The van der Waals surface area contributed by atoms with Crippen LogP contribution in [0.4, 0.5) is 0 Å². The van der Waals surface area contributed by atoms with Crippen LogP contribution in [0.1, 0.15) is 20.9 Å². The van der Waals surface area contributed by atoms with Gasteiger partial charge in [-0.25, -0.2) is 4.79 Å². The molecule has 4 rings (SSSR count). The third-order valence-corrected chi connectivity index (χ3v) is 5.37. The van der Waals surface area contributed by atoms with Crippen LogP contribution < -0.4 is 10.2 Å². The van der Waals surface area contributed by atoms with Gasteiger partial charge in [0, 0.05) is 13.1 Å². The highest BCUT2D eigenvalue weighted by Crippen LogP contribution is 2.19. The van der Waals surface area contributed by atoms with Gasteiger partial charge in [-0.1, -0.05) is 23.5 Å². The molecule has 0 unspecified atom stereocenters. The predicted molar refractivity (Wildman–Crippen MR) is 105 cm³/mol. The van der Waals surface area contributed by atoms with Crippen molar-refractivity contribution in [3.63, 3.8) is 0 Å². The molecule has 0 saturated heterocycles. The molecule has 0 saturated carbocycles. The van der Waals surface area contributed by atoms with Crippen molar-refractivity contribution in [2.75, 3.05) is 7.11 Å². The van der Waals surface area contributed by atoms with Crippen LogP contribution in [0.3, 0.4) is 0 Å². The van der Waals surface area contributed by atoms with Gasteiger partial charge >= 0.3 is 11.9 Å². The lowest BCUT2D eigenvalue weighted by Crippen LogP contribution is -2.14.